The maximum absolute atomic E-state index is 10.6. The van der Waals surface area contributed by atoms with Gasteiger partial charge in [-0.2, -0.15) is 0 Å². The fraction of sp³-hybridized carbons (Fsp3) is 0.143. The van der Waals surface area contributed by atoms with Crippen LogP contribution in [-0.4, -0.2) is 12.0 Å². The first-order valence-corrected chi connectivity index (χ1v) is 6.28. The van der Waals surface area contributed by atoms with Crippen LogP contribution in [0.1, 0.15) is 5.56 Å². The molecule has 20 heavy (non-hydrogen) atoms. The number of methoxy groups -OCH3 is 1. The predicted molar refractivity (Wildman–Crippen MR) is 78.4 cm³/mol. The molecule has 0 saturated heterocycles. The standard InChI is InChI=1S/C14H13ClN2O3/c1-20-13-6-3-11(4-7-13)16-9-10-2-5-12(17(18)19)8-14(10)15/h2-8,16H,9H2,1H3. The van der Waals surface area contributed by atoms with Crippen LogP contribution in [-0.2, 0) is 6.54 Å². The molecule has 0 radical (unpaired) electrons. The Morgan fingerprint density at radius 3 is 2.50 bits per heavy atom. The summed E-state index contributed by atoms with van der Waals surface area (Å²) in [5, 5.41) is 14.2. The van der Waals surface area contributed by atoms with E-state index in [4.69, 9.17) is 16.3 Å². The second-order valence-electron chi connectivity index (χ2n) is 4.11. The number of nitro benzene ring substituents is 1. The van der Waals surface area contributed by atoms with Crippen molar-refractivity contribution in [1.29, 1.82) is 0 Å². The largest absolute Gasteiger partial charge is 0.497 e. The van der Waals surface area contributed by atoms with E-state index in [1.54, 1.807) is 13.2 Å². The molecule has 2 rings (SSSR count). The molecule has 0 amide bonds. The summed E-state index contributed by atoms with van der Waals surface area (Å²) < 4.78 is 5.07. The summed E-state index contributed by atoms with van der Waals surface area (Å²) in [6.07, 6.45) is 0. The molecule has 0 aliphatic heterocycles. The van der Waals surface area contributed by atoms with Crippen molar-refractivity contribution in [2.75, 3.05) is 12.4 Å². The van der Waals surface area contributed by atoms with Crippen LogP contribution < -0.4 is 10.1 Å². The van der Waals surface area contributed by atoms with Crippen LogP contribution in [0.2, 0.25) is 5.02 Å². The number of ether oxygens (including phenoxy) is 1. The highest BCUT2D eigenvalue weighted by Gasteiger charge is 2.09. The van der Waals surface area contributed by atoms with Crippen LogP contribution >= 0.6 is 11.6 Å². The molecule has 0 aliphatic rings. The van der Waals surface area contributed by atoms with E-state index in [2.05, 4.69) is 5.32 Å². The lowest BCUT2D eigenvalue weighted by Gasteiger charge is -2.08. The molecule has 0 atom stereocenters. The van der Waals surface area contributed by atoms with E-state index in [1.165, 1.54) is 12.1 Å². The first kappa shape index (κ1) is 14.1. The molecule has 5 nitrogen and oxygen atoms in total. The van der Waals surface area contributed by atoms with E-state index in [0.717, 1.165) is 17.0 Å². The molecule has 0 unspecified atom stereocenters. The fourth-order valence-corrected chi connectivity index (χ4v) is 1.94. The Balaban J connectivity index is 2.04. The van der Waals surface area contributed by atoms with Crippen molar-refractivity contribution in [3.05, 3.63) is 63.2 Å². The minimum Gasteiger partial charge on any atom is -0.497 e. The van der Waals surface area contributed by atoms with Gasteiger partial charge in [0.25, 0.3) is 5.69 Å². The van der Waals surface area contributed by atoms with E-state index in [0.29, 0.717) is 11.6 Å². The molecule has 2 aromatic rings. The van der Waals surface area contributed by atoms with Crippen molar-refractivity contribution in [1.82, 2.24) is 0 Å². The first-order chi connectivity index (χ1) is 9.60. The topological polar surface area (TPSA) is 64.4 Å². The SMILES string of the molecule is COc1ccc(NCc2ccc([N+](=O)[O-])cc2Cl)cc1. The number of anilines is 1. The monoisotopic (exact) mass is 292 g/mol. The Kier molecular flexibility index (Phi) is 4.42. The molecule has 2 aromatic carbocycles. The van der Waals surface area contributed by atoms with Gasteiger partial charge in [-0.25, -0.2) is 0 Å². The average Bonchev–Trinajstić information content (AvgIpc) is 2.46. The fourth-order valence-electron chi connectivity index (χ4n) is 1.70. The lowest BCUT2D eigenvalue weighted by Crippen LogP contribution is -2.00. The smallest absolute Gasteiger partial charge is 0.270 e. The maximum Gasteiger partial charge on any atom is 0.270 e. The highest BCUT2D eigenvalue weighted by atomic mass is 35.5. The molecule has 6 heteroatoms. The summed E-state index contributed by atoms with van der Waals surface area (Å²) in [6.45, 7) is 0.489. The minimum atomic E-state index is -0.466. The number of hydrogen-bond donors (Lipinski definition) is 1. The Labute approximate surface area is 121 Å². The van der Waals surface area contributed by atoms with Crippen LogP contribution in [0.25, 0.3) is 0 Å². The third-order valence-corrected chi connectivity index (χ3v) is 3.17. The number of halogens is 1. The van der Waals surface area contributed by atoms with Crippen LogP contribution in [0.15, 0.2) is 42.5 Å². The normalized spacial score (nSPS) is 10.1. The first-order valence-electron chi connectivity index (χ1n) is 5.91. The van der Waals surface area contributed by atoms with E-state index >= 15 is 0 Å². The molecular weight excluding hydrogens is 280 g/mol. The zero-order valence-corrected chi connectivity index (χ0v) is 11.6. The van der Waals surface area contributed by atoms with Crippen molar-refractivity contribution in [2.45, 2.75) is 6.54 Å². The van der Waals surface area contributed by atoms with Gasteiger partial charge in [-0.1, -0.05) is 11.6 Å². The lowest BCUT2D eigenvalue weighted by molar-refractivity contribution is -0.384. The van der Waals surface area contributed by atoms with Crippen molar-refractivity contribution < 1.29 is 9.66 Å². The van der Waals surface area contributed by atoms with Crippen molar-refractivity contribution in [2.24, 2.45) is 0 Å². The second-order valence-corrected chi connectivity index (χ2v) is 4.52. The van der Waals surface area contributed by atoms with Gasteiger partial charge in [0.15, 0.2) is 0 Å². The van der Waals surface area contributed by atoms with Crippen molar-refractivity contribution in [3.63, 3.8) is 0 Å². The summed E-state index contributed by atoms with van der Waals surface area (Å²) in [7, 11) is 1.61. The number of non-ortho nitro benzene ring substituents is 1. The quantitative estimate of drug-likeness (QED) is 0.671. The van der Waals surface area contributed by atoms with E-state index in [9.17, 15) is 10.1 Å². The summed E-state index contributed by atoms with van der Waals surface area (Å²) in [5.74, 6) is 0.781. The number of rotatable bonds is 5. The van der Waals surface area contributed by atoms with Gasteiger partial charge in [-0.3, -0.25) is 10.1 Å². The number of nitro groups is 1. The second kappa shape index (κ2) is 6.25. The summed E-state index contributed by atoms with van der Waals surface area (Å²) in [5.41, 5.74) is 1.71. The van der Waals surface area contributed by atoms with Gasteiger partial charge < -0.3 is 10.1 Å². The summed E-state index contributed by atoms with van der Waals surface area (Å²) >= 11 is 6.02. The molecule has 0 bridgehead atoms. The number of hydrogen-bond acceptors (Lipinski definition) is 4. The zero-order valence-electron chi connectivity index (χ0n) is 10.8. The minimum absolute atomic E-state index is 0.0109. The van der Waals surface area contributed by atoms with E-state index in [-0.39, 0.29) is 5.69 Å². The average molecular weight is 293 g/mol. The maximum atomic E-state index is 10.6. The van der Waals surface area contributed by atoms with Gasteiger partial charge in [-0.15, -0.1) is 0 Å². The highest BCUT2D eigenvalue weighted by molar-refractivity contribution is 6.31. The van der Waals surface area contributed by atoms with Gasteiger partial charge in [0.05, 0.1) is 17.1 Å². The van der Waals surface area contributed by atoms with Crippen LogP contribution in [0.5, 0.6) is 5.75 Å². The molecule has 0 aliphatic carbocycles. The molecule has 0 heterocycles. The van der Waals surface area contributed by atoms with Gasteiger partial charge >= 0.3 is 0 Å². The van der Waals surface area contributed by atoms with Crippen LogP contribution in [0.4, 0.5) is 11.4 Å². The van der Waals surface area contributed by atoms with Gasteiger partial charge in [0.1, 0.15) is 5.75 Å². The summed E-state index contributed by atoms with van der Waals surface area (Å²) in [4.78, 5) is 10.2. The Morgan fingerprint density at radius 2 is 1.95 bits per heavy atom. The zero-order chi connectivity index (χ0) is 14.5. The third-order valence-electron chi connectivity index (χ3n) is 2.82. The third kappa shape index (κ3) is 3.39. The lowest BCUT2D eigenvalue weighted by atomic mass is 10.2. The molecule has 0 spiro atoms. The number of benzene rings is 2. The molecule has 104 valence electrons. The highest BCUT2D eigenvalue weighted by Crippen LogP contribution is 2.23. The number of nitrogens with zero attached hydrogens (tertiary/aromatic N) is 1. The van der Waals surface area contributed by atoms with Crippen LogP contribution in [0, 0.1) is 10.1 Å². The number of nitrogens with one attached hydrogen (secondary N) is 1. The molecule has 1 N–H and O–H groups in total. The predicted octanol–water partition coefficient (Wildman–Crippen LogP) is 3.87. The Bertz CT molecular complexity index is 614. The molecule has 0 aromatic heterocycles. The Hall–Kier alpha value is -2.27. The van der Waals surface area contributed by atoms with Gasteiger partial charge in [0.2, 0.25) is 0 Å². The van der Waals surface area contributed by atoms with E-state index < -0.39 is 4.92 Å². The van der Waals surface area contributed by atoms with Crippen molar-refractivity contribution >= 4 is 23.0 Å². The van der Waals surface area contributed by atoms with Crippen LogP contribution in [0.3, 0.4) is 0 Å². The molecular formula is C14H13ClN2O3. The summed E-state index contributed by atoms with van der Waals surface area (Å²) in [6, 6.07) is 11.9. The molecule has 0 saturated carbocycles. The van der Waals surface area contributed by atoms with Gasteiger partial charge in [-0.05, 0) is 35.9 Å². The van der Waals surface area contributed by atoms with Gasteiger partial charge in [0, 0.05) is 24.4 Å². The van der Waals surface area contributed by atoms with Crippen molar-refractivity contribution in [3.8, 4) is 5.75 Å². The van der Waals surface area contributed by atoms with E-state index in [1.807, 2.05) is 24.3 Å². The molecule has 0 fully saturated rings. The Morgan fingerprint density at radius 1 is 1.25 bits per heavy atom.